The van der Waals surface area contributed by atoms with Crippen LogP contribution in [0, 0.1) is 0 Å². The second-order valence-electron chi connectivity index (χ2n) is 5.93. The Morgan fingerprint density at radius 1 is 1.44 bits per heavy atom. The number of carbonyl (C=O) groups excluding carboxylic acids is 1. The number of rotatable bonds is 6. The van der Waals surface area contributed by atoms with Crippen molar-refractivity contribution in [2.24, 2.45) is 0 Å². The van der Waals surface area contributed by atoms with Gasteiger partial charge < -0.3 is 24.5 Å². The number of fused-ring (bicyclic) bond motifs is 1. The molecule has 2 N–H and O–H groups in total. The van der Waals surface area contributed by atoms with E-state index in [9.17, 15) is 9.59 Å². The lowest BCUT2D eigenvalue weighted by Gasteiger charge is -2.17. The van der Waals surface area contributed by atoms with Crippen molar-refractivity contribution in [3.05, 3.63) is 46.4 Å². The molecular weight excluding hydrogens is 322 g/mol. The Balaban J connectivity index is 1.75. The number of aromatic nitrogens is 3. The molecule has 0 atom stereocenters. The molecule has 25 heavy (non-hydrogen) atoms. The molecule has 0 fully saturated rings. The normalized spacial score (nSPS) is 13.8. The summed E-state index contributed by atoms with van der Waals surface area (Å²) in [4.78, 5) is 29.0. The highest BCUT2D eigenvalue weighted by atomic mass is 16.5. The lowest BCUT2D eigenvalue weighted by atomic mass is 10.1. The third kappa shape index (κ3) is 3.90. The molecular formula is C17H23N5O3. The minimum atomic E-state index is -0.201. The van der Waals surface area contributed by atoms with Crippen LogP contribution in [0.15, 0.2) is 29.6 Å². The van der Waals surface area contributed by atoms with Crippen molar-refractivity contribution in [1.82, 2.24) is 24.8 Å². The fourth-order valence-corrected chi connectivity index (χ4v) is 3.08. The highest BCUT2D eigenvalue weighted by molar-refractivity contribution is 5.98. The highest BCUT2D eigenvalue weighted by Crippen LogP contribution is 2.21. The average molecular weight is 345 g/mol. The van der Waals surface area contributed by atoms with Gasteiger partial charge in [0.1, 0.15) is 11.3 Å². The number of hydrogen-bond acceptors (Lipinski definition) is 5. The van der Waals surface area contributed by atoms with Gasteiger partial charge >= 0.3 is 0 Å². The van der Waals surface area contributed by atoms with Gasteiger partial charge in [-0.05, 0) is 6.42 Å². The average Bonchev–Trinajstić information content (AvgIpc) is 3.01. The molecule has 0 saturated carbocycles. The Kier molecular flexibility index (Phi) is 5.49. The van der Waals surface area contributed by atoms with Gasteiger partial charge in [0.25, 0.3) is 11.5 Å². The predicted molar refractivity (Wildman–Crippen MR) is 93.0 cm³/mol. The van der Waals surface area contributed by atoms with Gasteiger partial charge in [-0.25, -0.2) is 4.98 Å². The lowest BCUT2D eigenvalue weighted by molar-refractivity contribution is 0.0947. The number of hydrogen-bond donors (Lipinski definition) is 2. The number of ether oxygens (including phenoxy) is 1. The molecule has 0 bridgehead atoms. The van der Waals surface area contributed by atoms with Gasteiger partial charge in [-0.1, -0.05) is 0 Å². The van der Waals surface area contributed by atoms with Crippen LogP contribution in [0.1, 0.15) is 22.5 Å². The van der Waals surface area contributed by atoms with E-state index in [4.69, 9.17) is 4.74 Å². The quantitative estimate of drug-likeness (QED) is 0.721. The maximum absolute atomic E-state index is 12.7. The molecule has 0 unspecified atom stereocenters. The Labute approximate surface area is 145 Å². The molecule has 0 spiro atoms. The van der Waals surface area contributed by atoms with Crippen LogP contribution in [0.3, 0.4) is 0 Å². The second-order valence-corrected chi connectivity index (χ2v) is 5.93. The van der Waals surface area contributed by atoms with E-state index in [2.05, 4.69) is 15.6 Å². The van der Waals surface area contributed by atoms with Gasteiger partial charge in [0.15, 0.2) is 0 Å². The summed E-state index contributed by atoms with van der Waals surface area (Å²) in [7, 11) is 1.48. The zero-order chi connectivity index (χ0) is 17.6. The van der Waals surface area contributed by atoms with Gasteiger partial charge in [0.05, 0.1) is 13.4 Å². The molecule has 2 aromatic heterocycles. The molecule has 3 heterocycles. The minimum Gasteiger partial charge on any atom is -0.496 e. The molecule has 8 heteroatoms. The number of nitrogens with one attached hydrogen (secondary N) is 2. The third-order valence-corrected chi connectivity index (χ3v) is 4.32. The number of aryl methyl sites for hydroxylation is 1. The molecule has 1 amide bonds. The van der Waals surface area contributed by atoms with E-state index in [-0.39, 0.29) is 11.5 Å². The Morgan fingerprint density at radius 2 is 2.32 bits per heavy atom. The summed E-state index contributed by atoms with van der Waals surface area (Å²) in [5, 5.41) is 6.19. The van der Waals surface area contributed by atoms with Gasteiger partial charge in [0, 0.05) is 63.3 Å². The van der Waals surface area contributed by atoms with Crippen LogP contribution in [0.2, 0.25) is 0 Å². The molecule has 0 aliphatic carbocycles. The van der Waals surface area contributed by atoms with Gasteiger partial charge in [-0.3, -0.25) is 9.59 Å². The van der Waals surface area contributed by atoms with Crippen molar-refractivity contribution < 1.29 is 9.53 Å². The van der Waals surface area contributed by atoms with Crippen molar-refractivity contribution in [2.75, 3.05) is 26.7 Å². The molecule has 1 aliphatic heterocycles. The van der Waals surface area contributed by atoms with Crippen LogP contribution in [-0.4, -0.2) is 46.8 Å². The van der Waals surface area contributed by atoms with E-state index in [1.54, 1.807) is 17.1 Å². The summed E-state index contributed by atoms with van der Waals surface area (Å²) in [6.07, 6.45) is 6.78. The van der Waals surface area contributed by atoms with Crippen LogP contribution in [0.25, 0.3) is 0 Å². The van der Waals surface area contributed by atoms with Crippen LogP contribution in [-0.2, 0) is 19.5 Å². The number of carbonyl (C=O) groups is 1. The molecule has 0 aromatic carbocycles. The van der Waals surface area contributed by atoms with Gasteiger partial charge in [-0.2, -0.15) is 0 Å². The zero-order valence-corrected chi connectivity index (χ0v) is 14.3. The summed E-state index contributed by atoms with van der Waals surface area (Å²) in [5.41, 5.74) is 1.07. The van der Waals surface area contributed by atoms with Crippen molar-refractivity contribution >= 4 is 5.91 Å². The molecule has 1 aliphatic rings. The van der Waals surface area contributed by atoms with E-state index in [1.807, 2.05) is 10.8 Å². The van der Waals surface area contributed by atoms with Crippen molar-refractivity contribution in [3.63, 3.8) is 0 Å². The van der Waals surface area contributed by atoms with Crippen molar-refractivity contribution in [2.45, 2.75) is 25.9 Å². The van der Waals surface area contributed by atoms with Crippen LogP contribution in [0.4, 0.5) is 0 Å². The molecule has 134 valence electrons. The van der Waals surface area contributed by atoms with E-state index in [0.29, 0.717) is 37.4 Å². The van der Waals surface area contributed by atoms with Crippen molar-refractivity contribution in [1.29, 1.82) is 0 Å². The largest absolute Gasteiger partial charge is 0.496 e. The number of imidazole rings is 1. The number of amides is 1. The van der Waals surface area contributed by atoms with Gasteiger partial charge in [0.2, 0.25) is 0 Å². The maximum atomic E-state index is 12.7. The van der Waals surface area contributed by atoms with Crippen LogP contribution < -0.4 is 20.9 Å². The maximum Gasteiger partial charge on any atom is 0.256 e. The van der Waals surface area contributed by atoms with Crippen molar-refractivity contribution in [3.8, 4) is 5.75 Å². The predicted octanol–water partition coefficient (Wildman–Crippen LogP) is 0.0192. The fraction of sp³-hybridized carbons (Fsp3) is 0.471. The van der Waals surface area contributed by atoms with E-state index < -0.39 is 0 Å². The summed E-state index contributed by atoms with van der Waals surface area (Å²) in [6.45, 7) is 3.32. The zero-order valence-electron chi connectivity index (χ0n) is 14.3. The summed E-state index contributed by atoms with van der Waals surface area (Å²) < 4.78 is 8.95. The topological polar surface area (TPSA) is 90.2 Å². The summed E-state index contributed by atoms with van der Waals surface area (Å²) in [5.74, 6) is 0.137. The minimum absolute atomic E-state index is 0.132. The molecule has 0 saturated heterocycles. The Morgan fingerprint density at radius 3 is 3.08 bits per heavy atom. The first kappa shape index (κ1) is 17.2. The Bertz CT molecular complexity index is 782. The van der Waals surface area contributed by atoms with E-state index in [0.717, 1.165) is 25.2 Å². The van der Waals surface area contributed by atoms with E-state index in [1.165, 1.54) is 13.2 Å². The van der Waals surface area contributed by atoms with Crippen LogP contribution >= 0.6 is 0 Å². The Hall–Kier alpha value is -2.61. The van der Waals surface area contributed by atoms with Gasteiger partial charge in [-0.15, -0.1) is 0 Å². The first-order valence-electron chi connectivity index (χ1n) is 8.46. The first-order chi connectivity index (χ1) is 12.2. The fourth-order valence-electron chi connectivity index (χ4n) is 3.08. The second kappa shape index (κ2) is 7.98. The SMILES string of the molecule is COc1cc(=O)n2c(c1C(=O)NCCCn1ccnc1)CCNCC2. The molecule has 8 nitrogen and oxygen atoms in total. The number of pyridine rings is 1. The highest BCUT2D eigenvalue weighted by Gasteiger charge is 2.23. The first-order valence-corrected chi connectivity index (χ1v) is 8.46. The lowest BCUT2D eigenvalue weighted by Crippen LogP contribution is -2.32. The van der Waals surface area contributed by atoms with Crippen LogP contribution in [0.5, 0.6) is 5.75 Å². The summed E-state index contributed by atoms with van der Waals surface area (Å²) >= 11 is 0. The monoisotopic (exact) mass is 345 g/mol. The smallest absolute Gasteiger partial charge is 0.256 e. The molecule has 0 radical (unpaired) electrons. The standard InChI is InChI=1S/C17H23N5O3/c1-25-14-11-15(23)22-10-7-18-5-3-13(22)16(14)17(24)20-4-2-8-21-9-6-19-12-21/h6,9,11-12,18H,2-5,7-8,10H2,1H3,(H,20,24). The third-order valence-electron chi connectivity index (χ3n) is 4.32. The number of nitrogens with zero attached hydrogens (tertiary/aromatic N) is 3. The number of methoxy groups -OCH3 is 1. The summed E-state index contributed by atoms with van der Waals surface area (Å²) in [6, 6.07) is 1.40. The molecule has 2 aromatic rings. The van der Waals surface area contributed by atoms with E-state index >= 15 is 0 Å². The molecule has 3 rings (SSSR count).